The predicted molar refractivity (Wildman–Crippen MR) is 80.1 cm³/mol. The van der Waals surface area contributed by atoms with Crippen LogP contribution in [0.15, 0.2) is 30.5 Å². The van der Waals surface area contributed by atoms with Gasteiger partial charge >= 0.3 is 0 Å². The summed E-state index contributed by atoms with van der Waals surface area (Å²) in [6, 6.07) is 7.79. The Labute approximate surface area is 122 Å². The van der Waals surface area contributed by atoms with Gasteiger partial charge in [-0.25, -0.2) is 0 Å². The minimum Gasteiger partial charge on any atom is -0.359 e. The van der Waals surface area contributed by atoms with Crippen molar-refractivity contribution in [2.24, 2.45) is 0 Å². The molecule has 106 valence electrons. The van der Waals surface area contributed by atoms with Crippen molar-refractivity contribution in [3.05, 3.63) is 41.7 Å². The van der Waals surface area contributed by atoms with Crippen LogP contribution < -0.4 is 16.0 Å². The number of carbonyl (C=O) groups is 1. The highest BCUT2D eigenvalue weighted by molar-refractivity contribution is 6.07. The number of rotatable bonds is 1. The van der Waals surface area contributed by atoms with Gasteiger partial charge in [-0.05, 0) is 43.7 Å². The molecule has 0 radical (unpaired) electrons. The third-order valence-electron chi connectivity index (χ3n) is 4.14. The molecule has 2 aromatic rings. The maximum absolute atomic E-state index is 12.0. The van der Waals surface area contributed by atoms with Crippen molar-refractivity contribution >= 4 is 23.0 Å². The number of amides is 1. The van der Waals surface area contributed by atoms with Crippen LogP contribution in [0.25, 0.3) is 0 Å². The van der Waals surface area contributed by atoms with E-state index < -0.39 is 5.41 Å². The van der Waals surface area contributed by atoms with Gasteiger partial charge in [-0.15, -0.1) is 0 Å². The lowest BCUT2D eigenvalue weighted by Gasteiger charge is -2.15. The first-order valence-corrected chi connectivity index (χ1v) is 6.86. The largest absolute Gasteiger partial charge is 0.359 e. The number of carbonyl (C=O) groups excluding carboxylic acids is 1. The minimum absolute atomic E-state index is 0.0339. The molecule has 21 heavy (non-hydrogen) atoms. The van der Waals surface area contributed by atoms with E-state index in [0.717, 1.165) is 28.3 Å². The average Bonchev–Trinajstić information content (AvgIpc) is 2.98. The van der Waals surface area contributed by atoms with Crippen molar-refractivity contribution in [3.63, 3.8) is 0 Å². The Morgan fingerprint density at radius 1 is 1.14 bits per heavy atom. The molecule has 4 rings (SSSR count). The first-order chi connectivity index (χ1) is 10.1. The third-order valence-corrected chi connectivity index (χ3v) is 4.14. The lowest BCUT2D eigenvalue weighted by molar-refractivity contribution is -0.119. The number of hydrogen-bond donors (Lipinski definition) is 3. The van der Waals surface area contributed by atoms with Crippen molar-refractivity contribution in [1.82, 2.24) is 10.2 Å². The molecule has 1 aromatic carbocycles. The zero-order valence-electron chi connectivity index (χ0n) is 11.8. The fourth-order valence-corrected chi connectivity index (χ4v) is 2.82. The first-order valence-electron chi connectivity index (χ1n) is 6.86. The van der Waals surface area contributed by atoms with E-state index in [1.165, 1.54) is 0 Å². The molecule has 1 unspecified atom stereocenters. The molecular weight excluding hydrogens is 266 g/mol. The Hall–Kier alpha value is -2.63. The maximum atomic E-state index is 12.0. The molecule has 3 heterocycles. The molecule has 3 N–H and O–H groups in total. The Kier molecular flexibility index (Phi) is 2.28. The molecular formula is C15H15N5O. The molecule has 0 fully saturated rings. The van der Waals surface area contributed by atoms with Crippen molar-refractivity contribution < 1.29 is 4.79 Å². The van der Waals surface area contributed by atoms with E-state index >= 15 is 0 Å². The molecule has 1 amide bonds. The maximum Gasteiger partial charge on any atom is 0.234 e. The summed E-state index contributed by atoms with van der Waals surface area (Å²) in [7, 11) is 0. The normalized spacial score (nSPS) is 21.0. The Bertz CT molecular complexity index is 741. The van der Waals surface area contributed by atoms with Crippen LogP contribution in [0.2, 0.25) is 0 Å². The van der Waals surface area contributed by atoms with Gasteiger partial charge in [-0.2, -0.15) is 10.2 Å². The van der Waals surface area contributed by atoms with Crippen LogP contribution in [0.5, 0.6) is 0 Å². The summed E-state index contributed by atoms with van der Waals surface area (Å²) in [4.78, 5) is 12.0. The second-order valence-electron chi connectivity index (χ2n) is 5.89. The summed E-state index contributed by atoms with van der Waals surface area (Å²) in [6.45, 7) is 3.87. The smallest absolute Gasteiger partial charge is 0.234 e. The van der Waals surface area contributed by atoms with Gasteiger partial charge in [-0.1, -0.05) is 0 Å². The molecule has 6 nitrogen and oxygen atoms in total. The zero-order chi connectivity index (χ0) is 14.6. The van der Waals surface area contributed by atoms with E-state index in [9.17, 15) is 4.79 Å². The van der Waals surface area contributed by atoms with Crippen LogP contribution in [0.3, 0.4) is 0 Å². The number of nitrogens with one attached hydrogen (secondary N) is 3. The van der Waals surface area contributed by atoms with Gasteiger partial charge in [0, 0.05) is 11.9 Å². The standard InChI is InChI=1S/C15H15N5O/c1-15(2)8-6-11-12(7-10(8)19-14(15)21)18-13(17-11)9-4-3-5-16-20-9/h3-7,13,17-18H,1-2H3,(H,19,21). The van der Waals surface area contributed by atoms with Crippen LogP contribution in [-0.4, -0.2) is 16.1 Å². The van der Waals surface area contributed by atoms with Crippen LogP contribution in [0.4, 0.5) is 17.1 Å². The molecule has 6 heteroatoms. The van der Waals surface area contributed by atoms with Crippen molar-refractivity contribution in [1.29, 1.82) is 0 Å². The molecule has 1 atom stereocenters. The van der Waals surface area contributed by atoms with E-state index in [-0.39, 0.29) is 12.1 Å². The second-order valence-corrected chi connectivity index (χ2v) is 5.89. The number of anilines is 3. The zero-order valence-corrected chi connectivity index (χ0v) is 11.8. The fraction of sp³-hybridized carbons (Fsp3) is 0.267. The summed E-state index contributed by atoms with van der Waals surface area (Å²) in [5, 5.41) is 17.7. The van der Waals surface area contributed by atoms with E-state index in [4.69, 9.17) is 0 Å². The lowest BCUT2D eigenvalue weighted by Crippen LogP contribution is -2.26. The van der Waals surface area contributed by atoms with Crippen LogP contribution in [-0.2, 0) is 10.2 Å². The second kappa shape index (κ2) is 3.94. The van der Waals surface area contributed by atoms with Crippen molar-refractivity contribution in [2.75, 3.05) is 16.0 Å². The van der Waals surface area contributed by atoms with E-state index in [0.29, 0.717) is 0 Å². The van der Waals surface area contributed by atoms with Gasteiger partial charge < -0.3 is 16.0 Å². The van der Waals surface area contributed by atoms with Crippen LogP contribution in [0, 0.1) is 0 Å². The summed E-state index contributed by atoms with van der Waals surface area (Å²) in [5.74, 6) is 0.0339. The van der Waals surface area contributed by atoms with Gasteiger partial charge in [0.05, 0.1) is 16.8 Å². The Morgan fingerprint density at radius 3 is 2.62 bits per heavy atom. The van der Waals surface area contributed by atoms with E-state index in [2.05, 4.69) is 26.1 Å². The Morgan fingerprint density at radius 2 is 1.90 bits per heavy atom. The Balaban J connectivity index is 1.72. The van der Waals surface area contributed by atoms with Gasteiger partial charge in [0.2, 0.25) is 5.91 Å². The quantitative estimate of drug-likeness (QED) is 0.747. The number of nitrogens with zero attached hydrogens (tertiary/aromatic N) is 2. The molecule has 2 aliphatic heterocycles. The predicted octanol–water partition coefficient (Wildman–Crippen LogP) is 2.24. The highest BCUT2D eigenvalue weighted by Gasteiger charge is 2.40. The average molecular weight is 281 g/mol. The monoisotopic (exact) mass is 281 g/mol. The van der Waals surface area contributed by atoms with Crippen LogP contribution in [0.1, 0.15) is 31.3 Å². The number of hydrogen-bond acceptors (Lipinski definition) is 5. The highest BCUT2D eigenvalue weighted by atomic mass is 16.2. The van der Waals surface area contributed by atoms with E-state index in [1.807, 2.05) is 38.1 Å². The van der Waals surface area contributed by atoms with Gasteiger partial charge in [0.1, 0.15) is 11.9 Å². The molecule has 2 aliphatic rings. The lowest BCUT2D eigenvalue weighted by atomic mass is 9.86. The summed E-state index contributed by atoms with van der Waals surface area (Å²) >= 11 is 0. The molecule has 1 aromatic heterocycles. The fourth-order valence-electron chi connectivity index (χ4n) is 2.82. The van der Waals surface area contributed by atoms with Gasteiger partial charge in [0.25, 0.3) is 0 Å². The van der Waals surface area contributed by atoms with E-state index in [1.54, 1.807) is 6.20 Å². The summed E-state index contributed by atoms with van der Waals surface area (Å²) < 4.78 is 0. The van der Waals surface area contributed by atoms with Gasteiger partial charge in [0.15, 0.2) is 0 Å². The molecule has 0 spiro atoms. The molecule has 0 saturated heterocycles. The summed E-state index contributed by atoms with van der Waals surface area (Å²) in [6.07, 6.45) is 1.55. The van der Waals surface area contributed by atoms with Crippen LogP contribution >= 0.6 is 0 Å². The summed E-state index contributed by atoms with van der Waals surface area (Å²) in [5.41, 5.74) is 4.16. The number of fused-ring (bicyclic) bond motifs is 2. The van der Waals surface area contributed by atoms with Crippen molar-refractivity contribution in [3.8, 4) is 0 Å². The minimum atomic E-state index is -0.503. The SMILES string of the molecule is CC1(C)C(=O)Nc2cc3c(cc21)NC(c1cccnn1)N3. The topological polar surface area (TPSA) is 78.9 Å². The third kappa shape index (κ3) is 1.68. The first kappa shape index (κ1) is 12.1. The van der Waals surface area contributed by atoms with Crippen molar-refractivity contribution in [2.45, 2.75) is 25.4 Å². The molecule has 0 aliphatic carbocycles. The highest BCUT2D eigenvalue weighted by Crippen LogP contribution is 2.45. The van der Waals surface area contributed by atoms with Gasteiger partial charge in [-0.3, -0.25) is 4.79 Å². The molecule has 0 bridgehead atoms. The molecule has 0 saturated carbocycles. The number of aromatic nitrogens is 2. The number of benzene rings is 1.